The van der Waals surface area contributed by atoms with Crippen LogP contribution in [0, 0.1) is 0 Å². The second-order valence-electron chi connectivity index (χ2n) is 6.39. The molecule has 0 heterocycles. The van der Waals surface area contributed by atoms with Crippen molar-refractivity contribution in [3.05, 3.63) is 11.0 Å². The first-order valence-corrected chi connectivity index (χ1v) is 8.95. The van der Waals surface area contributed by atoms with Crippen LogP contribution in [-0.4, -0.2) is 76.6 Å². The SMILES string of the molecule is OCC=C(CO)SC(F)CC(F)(F)C(F)(F)C(F)(F)C(F)(F)C(F)(F)C(F)(F)C(F)(F)C(F)(F)F. The minimum atomic E-state index is -8.75. The van der Waals surface area contributed by atoms with Crippen molar-refractivity contribution < 1.29 is 89.2 Å². The highest BCUT2D eigenvalue weighted by atomic mass is 32.2. The van der Waals surface area contributed by atoms with E-state index in [1.165, 1.54) is 0 Å². The Morgan fingerprint density at radius 3 is 1.26 bits per heavy atom. The van der Waals surface area contributed by atoms with Crippen LogP contribution in [0.25, 0.3) is 0 Å². The lowest BCUT2D eigenvalue weighted by molar-refractivity contribution is -0.461. The third kappa shape index (κ3) is 5.40. The Morgan fingerprint density at radius 2 is 0.943 bits per heavy atom. The van der Waals surface area contributed by atoms with E-state index in [4.69, 9.17) is 10.2 Å². The monoisotopic (exact) mass is 584 g/mol. The van der Waals surface area contributed by atoms with Crippen molar-refractivity contribution in [3.8, 4) is 0 Å². The highest BCUT2D eigenvalue weighted by molar-refractivity contribution is 8.03. The number of thioether (sulfide) groups is 1. The first-order valence-electron chi connectivity index (χ1n) is 8.07. The summed E-state index contributed by atoms with van der Waals surface area (Å²) >= 11 is -0.707. The molecular formula is C14H10F18O2S. The van der Waals surface area contributed by atoms with Crippen LogP contribution < -0.4 is 0 Å². The molecule has 0 amide bonds. The number of alkyl halides is 18. The van der Waals surface area contributed by atoms with Crippen LogP contribution in [0.4, 0.5) is 79.0 Å². The van der Waals surface area contributed by atoms with Gasteiger partial charge in [0.25, 0.3) is 0 Å². The molecular weight excluding hydrogens is 574 g/mol. The zero-order valence-corrected chi connectivity index (χ0v) is 16.7. The Balaban J connectivity index is 6.46. The Kier molecular flexibility index (Phi) is 9.55. The number of rotatable bonds is 12. The summed E-state index contributed by atoms with van der Waals surface area (Å²) in [5.74, 6) is -57.7. The van der Waals surface area contributed by atoms with Gasteiger partial charge < -0.3 is 10.2 Å². The van der Waals surface area contributed by atoms with Gasteiger partial charge >= 0.3 is 47.6 Å². The van der Waals surface area contributed by atoms with E-state index in [0.717, 1.165) is 0 Å². The van der Waals surface area contributed by atoms with E-state index in [1.54, 1.807) is 0 Å². The Bertz CT molecular complexity index is 759. The summed E-state index contributed by atoms with van der Waals surface area (Å²) in [6.45, 7) is -2.34. The quantitative estimate of drug-likeness (QED) is 0.266. The Morgan fingerprint density at radius 1 is 0.600 bits per heavy atom. The topological polar surface area (TPSA) is 40.5 Å². The molecule has 21 heteroatoms. The predicted molar refractivity (Wildman–Crippen MR) is 80.0 cm³/mol. The van der Waals surface area contributed by atoms with Gasteiger partial charge in [0.1, 0.15) is 0 Å². The van der Waals surface area contributed by atoms with Crippen molar-refractivity contribution >= 4 is 11.8 Å². The average molecular weight is 584 g/mol. The summed E-state index contributed by atoms with van der Waals surface area (Å²) in [5.41, 5.74) is -3.57. The first kappa shape index (κ1) is 33.8. The summed E-state index contributed by atoms with van der Waals surface area (Å²) in [6, 6.07) is 0. The van der Waals surface area contributed by atoms with Crippen LogP contribution in [0.1, 0.15) is 6.42 Å². The smallest absolute Gasteiger partial charge is 0.392 e. The van der Waals surface area contributed by atoms with Gasteiger partial charge in [-0.1, -0.05) is 11.8 Å². The average Bonchev–Trinajstić information content (AvgIpc) is 2.65. The molecule has 1 unspecified atom stereocenters. The van der Waals surface area contributed by atoms with E-state index in [-0.39, 0.29) is 0 Å². The highest BCUT2D eigenvalue weighted by Gasteiger charge is 2.95. The third-order valence-corrected chi connectivity index (χ3v) is 4.98. The van der Waals surface area contributed by atoms with E-state index in [1.807, 2.05) is 0 Å². The molecule has 0 fully saturated rings. The number of aliphatic hydroxyl groups is 2. The molecule has 0 bridgehead atoms. The minimum Gasteiger partial charge on any atom is -0.392 e. The van der Waals surface area contributed by atoms with Crippen molar-refractivity contribution in [2.45, 2.75) is 59.6 Å². The van der Waals surface area contributed by atoms with Gasteiger partial charge in [-0.15, -0.1) is 0 Å². The van der Waals surface area contributed by atoms with Crippen LogP contribution in [-0.2, 0) is 0 Å². The lowest BCUT2D eigenvalue weighted by Crippen LogP contribution is -2.74. The molecule has 0 aliphatic carbocycles. The molecule has 0 aromatic rings. The molecule has 0 radical (unpaired) electrons. The van der Waals surface area contributed by atoms with Gasteiger partial charge in [0.05, 0.1) is 19.6 Å². The predicted octanol–water partition coefficient (Wildman–Crippen LogP) is 6.28. The van der Waals surface area contributed by atoms with Gasteiger partial charge in [-0.2, -0.15) is 74.6 Å². The fraction of sp³-hybridized carbons (Fsp3) is 0.857. The van der Waals surface area contributed by atoms with Crippen LogP contribution in [0.2, 0.25) is 0 Å². The van der Waals surface area contributed by atoms with Crippen LogP contribution in [0.3, 0.4) is 0 Å². The minimum absolute atomic E-state index is 0.444. The lowest BCUT2D eigenvalue weighted by atomic mass is 9.88. The number of hydrogen-bond acceptors (Lipinski definition) is 3. The summed E-state index contributed by atoms with van der Waals surface area (Å²) in [6.07, 6.45) is -10.7. The van der Waals surface area contributed by atoms with E-state index in [0.29, 0.717) is 6.08 Å². The zero-order valence-electron chi connectivity index (χ0n) is 15.9. The van der Waals surface area contributed by atoms with Gasteiger partial charge in [0.2, 0.25) is 0 Å². The van der Waals surface area contributed by atoms with Gasteiger partial charge in [-0.3, -0.25) is 0 Å². The molecule has 0 saturated carbocycles. The normalized spacial score (nSPS) is 17.1. The van der Waals surface area contributed by atoms with Crippen LogP contribution >= 0.6 is 11.8 Å². The van der Waals surface area contributed by atoms with E-state index in [2.05, 4.69) is 0 Å². The highest BCUT2D eigenvalue weighted by Crippen LogP contribution is 2.64. The van der Waals surface area contributed by atoms with Crippen molar-refractivity contribution in [1.29, 1.82) is 0 Å². The molecule has 2 N–H and O–H groups in total. The van der Waals surface area contributed by atoms with Crippen LogP contribution in [0.15, 0.2) is 11.0 Å². The van der Waals surface area contributed by atoms with E-state index in [9.17, 15) is 79.0 Å². The zero-order chi connectivity index (χ0) is 28.7. The Labute approximate surface area is 185 Å². The molecule has 0 aromatic carbocycles. The molecule has 2 nitrogen and oxygen atoms in total. The molecule has 0 spiro atoms. The molecule has 210 valence electrons. The third-order valence-electron chi connectivity index (χ3n) is 3.96. The van der Waals surface area contributed by atoms with Gasteiger partial charge in [-0.25, -0.2) is 4.39 Å². The fourth-order valence-corrected chi connectivity index (χ4v) is 2.85. The summed E-state index contributed by atoms with van der Waals surface area (Å²) in [4.78, 5) is -0.836. The maximum atomic E-state index is 13.6. The van der Waals surface area contributed by atoms with Crippen molar-refractivity contribution in [2.24, 2.45) is 0 Å². The summed E-state index contributed by atoms with van der Waals surface area (Å²) in [5, 5.41) is 17.1. The molecule has 35 heavy (non-hydrogen) atoms. The standard InChI is InChI=1S/C14H10F18O2S/c15-6(35-5(4-34)1-2-33)3-7(16,17)8(18,19)9(20,21)10(22,23)11(24,25)12(26,27)13(28,29)14(30,31)32/h1,6,33-34H,2-4H2. The van der Waals surface area contributed by atoms with Crippen molar-refractivity contribution in [1.82, 2.24) is 0 Å². The van der Waals surface area contributed by atoms with Crippen molar-refractivity contribution in [2.75, 3.05) is 13.2 Å². The Hall–Kier alpha value is -1.25. The van der Waals surface area contributed by atoms with Gasteiger partial charge in [0, 0.05) is 4.91 Å². The fourth-order valence-electron chi connectivity index (χ4n) is 1.98. The number of aliphatic hydroxyl groups excluding tert-OH is 2. The maximum absolute atomic E-state index is 13.6. The van der Waals surface area contributed by atoms with E-state index < -0.39 is 89.4 Å². The number of hydrogen-bond donors (Lipinski definition) is 2. The molecule has 0 rings (SSSR count). The van der Waals surface area contributed by atoms with Crippen LogP contribution in [0.5, 0.6) is 0 Å². The van der Waals surface area contributed by atoms with E-state index >= 15 is 0 Å². The molecule has 0 aliphatic heterocycles. The molecule has 0 aliphatic rings. The first-order chi connectivity index (χ1) is 15.1. The summed E-state index contributed by atoms with van der Waals surface area (Å²) < 4.78 is 236. The maximum Gasteiger partial charge on any atom is 0.460 e. The molecule has 0 aromatic heterocycles. The summed E-state index contributed by atoms with van der Waals surface area (Å²) in [7, 11) is 0. The van der Waals surface area contributed by atoms with Gasteiger partial charge in [-0.05, 0) is 6.08 Å². The van der Waals surface area contributed by atoms with Gasteiger partial charge in [0.15, 0.2) is 5.50 Å². The number of halogens is 18. The van der Waals surface area contributed by atoms with Crippen molar-refractivity contribution in [3.63, 3.8) is 0 Å². The second-order valence-corrected chi connectivity index (χ2v) is 7.66. The molecule has 1 atom stereocenters. The second kappa shape index (κ2) is 9.90. The molecule has 0 saturated heterocycles. The lowest BCUT2D eigenvalue weighted by Gasteiger charge is -2.42. The largest absolute Gasteiger partial charge is 0.460 e.